The van der Waals surface area contributed by atoms with E-state index < -0.39 is 11.8 Å². The number of hydrogen-bond donors (Lipinski definition) is 1. The van der Waals surface area contributed by atoms with Gasteiger partial charge in [0, 0.05) is 42.7 Å². The molecule has 1 unspecified atom stereocenters. The molecule has 9 heteroatoms. The van der Waals surface area contributed by atoms with E-state index >= 15 is 0 Å². The van der Waals surface area contributed by atoms with Gasteiger partial charge < -0.3 is 19.9 Å². The molecule has 3 rings (SSSR count). The number of carbonyl (C=O) groups is 2. The second-order valence-electron chi connectivity index (χ2n) is 8.90. The number of nitrogens with zero attached hydrogens (tertiary/aromatic N) is 2. The van der Waals surface area contributed by atoms with Crippen LogP contribution in [-0.4, -0.2) is 54.3 Å². The summed E-state index contributed by atoms with van der Waals surface area (Å²) in [7, 11) is 0. The summed E-state index contributed by atoms with van der Waals surface area (Å²) in [6.45, 7) is 8.20. The van der Waals surface area contributed by atoms with Gasteiger partial charge in [-0.05, 0) is 37.1 Å². The third-order valence-electron chi connectivity index (χ3n) is 5.43. The summed E-state index contributed by atoms with van der Waals surface area (Å²) in [5.41, 5.74) is -0.118. The molecule has 2 aliphatic heterocycles. The summed E-state index contributed by atoms with van der Waals surface area (Å²) in [4.78, 5) is 28.7. The molecule has 2 saturated heterocycles. The van der Waals surface area contributed by atoms with Gasteiger partial charge >= 0.3 is 12.4 Å². The molecule has 3 amide bonds. The van der Waals surface area contributed by atoms with E-state index in [9.17, 15) is 22.8 Å². The first-order chi connectivity index (χ1) is 13.4. The molecule has 1 spiro atoms. The van der Waals surface area contributed by atoms with Gasteiger partial charge in [-0.3, -0.25) is 4.79 Å². The lowest BCUT2D eigenvalue weighted by molar-refractivity contribution is -0.274. The number of likely N-dealkylation sites (tertiary alicyclic amines) is 2. The molecule has 29 heavy (non-hydrogen) atoms. The van der Waals surface area contributed by atoms with E-state index in [4.69, 9.17) is 0 Å². The number of amides is 3. The Labute approximate surface area is 168 Å². The molecule has 1 aromatic carbocycles. The Hall–Kier alpha value is -2.45. The number of halogens is 3. The quantitative estimate of drug-likeness (QED) is 0.795. The van der Waals surface area contributed by atoms with Gasteiger partial charge in [0.15, 0.2) is 0 Å². The predicted molar refractivity (Wildman–Crippen MR) is 101 cm³/mol. The number of rotatable bonds is 2. The molecule has 160 valence electrons. The maximum absolute atomic E-state index is 12.6. The highest BCUT2D eigenvalue weighted by Crippen LogP contribution is 2.40. The van der Waals surface area contributed by atoms with Crippen LogP contribution in [0.25, 0.3) is 0 Å². The van der Waals surface area contributed by atoms with Crippen molar-refractivity contribution in [2.45, 2.75) is 40.0 Å². The topological polar surface area (TPSA) is 61.9 Å². The predicted octanol–water partition coefficient (Wildman–Crippen LogP) is 4.09. The van der Waals surface area contributed by atoms with E-state index in [1.54, 1.807) is 4.90 Å². The second kappa shape index (κ2) is 7.42. The minimum atomic E-state index is -4.75. The fourth-order valence-corrected chi connectivity index (χ4v) is 3.97. The van der Waals surface area contributed by atoms with Crippen LogP contribution in [0.1, 0.15) is 33.6 Å². The molecule has 2 fully saturated rings. The van der Waals surface area contributed by atoms with Crippen molar-refractivity contribution in [3.63, 3.8) is 0 Å². The van der Waals surface area contributed by atoms with Crippen molar-refractivity contribution >= 4 is 17.6 Å². The molecule has 0 aliphatic carbocycles. The molecule has 6 nitrogen and oxygen atoms in total. The zero-order valence-electron chi connectivity index (χ0n) is 16.8. The molecule has 1 N–H and O–H groups in total. The van der Waals surface area contributed by atoms with Gasteiger partial charge in [0.1, 0.15) is 5.75 Å². The third-order valence-corrected chi connectivity index (χ3v) is 5.43. The number of hydrogen-bond acceptors (Lipinski definition) is 3. The molecule has 0 aromatic heterocycles. The number of anilines is 1. The minimum absolute atomic E-state index is 0.0807. The Kier molecular flexibility index (Phi) is 5.44. The average Bonchev–Trinajstić information content (AvgIpc) is 3.21. The first-order valence-electron chi connectivity index (χ1n) is 9.58. The Morgan fingerprint density at radius 1 is 1.00 bits per heavy atom. The van der Waals surface area contributed by atoms with Crippen LogP contribution in [0.2, 0.25) is 0 Å². The number of alkyl halides is 3. The van der Waals surface area contributed by atoms with Crippen molar-refractivity contribution in [1.29, 1.82) is 0 Å². The monoisotopic (exact) mass is 413 g/mol. The van der Waals surface area contributed by atoms with Gasteiger partial charge in [-0.25, -0.2) is 4.79 Å². The van der Waals surface area contributed by atoms with E-state index in [0.717, 1.165) is 25.0 Å². The molecule has 0 radical (unpaired) electrons. The van der Waals surface area contributed by atoms with Crippen molar-refractivity contribution in [2.75, 3.05) is 31.5 Å². The average molecular weight is 413 g/mol. The summed E-state index contributed by atoms with van der Waals surface area (Å²) < 4.78 is 40.5. The minimum Gasteiger partial charge on any atom is -0.406 e. The van der Waals surface area contributed by atoms with E-state index in [0.29, 0.717) is 31.9 Å². The largest absolute Gasteiger partial charge is 0.573 e. The van der Waals surface area contributed by atoms with Crippen LogP contribution in [0.5, 0.6) is 5.75 Å². The highest BCUT2D eigenvalue weighted by atomic mass is 19.4. The Balaban J connectivity index is 1.55. The van der Waals surface area contributed by atoms with Crippen LogP contribution in [0.4, 0.5) is 23.7 Å². The van der Waals surface area contributed by atoms with Crippen molar-refractivity contribution in [3.8, 4) is 5.75 Å². The summed E-state index contributed by atoms with van der Waals surface area (Å²) in [5.74, 6) is -0.219. The highest BCUT2D eigenvalue weighted by molar-refractivity contribution is 5.89. The maximum Gasteiger partial charge on any atom is 0.573 e. The van der Waals surface area contributed by atoms with Crippen LogP contribution >= 0.6 is 0 Å². The normalized spacial score (nSPS) is 22.3. The zero-order valence-corrected chi connectivity index (χ0v) is 16.8. The van der Waals surface area contributed by atoms with Gasteiger partial charge in [0.25, 0.3) is 0 Å². The molecule has 1 aromatic rings. The van der Waals surface area contributed by atoms with E-state index in [-0.39, 0.29) is 23.1 Å². The molecule has 2 aliphatic rings. The van der Waals surface area contributed by atoms with Gasteiger partial charge in [0.2, 0.25) is 5.91 Å². The number of nitrogens with one attached hydrogen (secondary N) is 1. The fraction of sp³-hybridized carbons (Fsp3) is 0.600. The molecule has 1 atom stereocenters. The lowest BCUT2D eigenvalue weighted by atomic mass is 9.86. The molecule has 0 bridgehead atoms. The van der Waals surface area contributed by atoms with E-state index in [2.05, 4.69) is 10.1 Å². The molecular weight excluding hydrogens is 387 g/mol. The Bertz CT molecular complexity index is 774. The van der Waals surface area contributed by atoms with E-state index in [1.807, 2.05) is 25.7 Å². The van der Waals surface area contributed by atoms with Crippen LogP contribution in [-0.2, 0) is 4.79 Å². The number of urea groups is 1. The molecular formula is C20H26F3N3O3. The highest BCUT2D eigenvalue weighted by Gasteiger charge is 2.47. The summed E-state index contributed by atoms with van der Waals surface area (Å²) in [5, 5.41) is 2.71. The Morgan fingerprint density at radius 3 is 2.10 bits per heavy atom. The van der Waals surface area contributed by atoms with Crippen LogP contribution in [0.15, 0.2) is 24.3 Å². The SMILES string of the molecule is CC(C)(C)C(=O)N1CCC2(CCN(C(=O)Nc3ccc(OC(F)(F)F)cc3)C2)C1. The first kappa shape index (κ1) is 21.3. The van der Waals surface area contributed by atoms with Crippen molar-refractivity contribution in [2.24, 2.45) is 10.8 Å². The number of carbonyl (C=O) groups excluding carboxylic acids is 2. The van der Waals surface area contributed by atoms with Crippen LogP contribution in [0, 0.1) is 10.8 Å². The standard InChI is InChI=1S/C20H26F3N3O3/c1-18(2,3)16(27)25-10-8-19(12-25)9-11-26(13-19)17(28)24-14-4-6-15(7-5-14)29-20(21,22)23/h4-7H,8-13H2,1-3H3,(H,24,28). The van der Waals surface area contributed by atoms with Crippen LogP contribution in [0.3, 0.4) is 0 Å². The maximum atomic E-state index is 12.6. The van der Waals surface area contributed by atoms with Crippen molar-refractivity contribution in [3.05, 3.63) is 24.3 Å². The molecule has 2 heterocycles. The summed E-state index contributed by atoms with van der Waals surface area (Å²) in [6.07, 6.45) is -3.06. The molecule has 0 saturated carbocycles. The fourth-order valence-electron chi connectivity index (χ4n) is 3.97. The number of ether oxygens (including phenoxy) is 1. The van der Waals surface area contributed by atoms with Gasteiger partial charge in [-0.15, -0.1) is 13.2 Å². The smallest absolute Gasteiger partial charge is 0.406 e. The first-order valence-corrected chi connectivity index (χ1v) is 9.58. The van der Waals surface area contributed by atoms with Crippen molar-refractivity contribution < 1.29 is 27.5 Å². The lowest BCUT2D eigenvalue weighted by Crippen LogP contribution is -2.40. The van der Waals surface area contributed by atoms with Gasteiger partial charge in [-0.2, -0.15) is 0 Å². The van der Waals surface area contributed by atoms with E-state index in [1.165, 1.54) is 12.1 Å². The zero-order chi connectivity index (χ0) is 21.4. The van der Waals surface area contributed by atoms with Crippen LogP contribution < -0.4 is 10.1 Å². The van der Waals surface area contributed by atoms with Crippen molar-refractivity contribution in [1.82, 2.24) is 9.80 Å². The number of benzene rings is 1. The Morgan fingerprint density at radius 2 is 1.55 bits per heavy atom. The second-order valence-corrected chi connectivity index (χ2v) is 8.90. The van der Waals surface area contributed by atoms with Gasteiger partial charge in [-0.1, -0.05) is 20.8 Å². The lowest BCUT2D eigenvalue weighted by Gasteiger charge is -2.28. The summed E-state index contributed by atoms with van der Waals surface area (Å²) in [6, 6.07) is 4.74. The third kappa shape index (κ3) is 5.13. The summed E-state index contributed by atoms with van der Waals surface area (Å²) >= 11 is 0. The van der Waals surface area contributed by atoms with Gasteiger partial charge in [0.05, 0.1) is 0 Å².